The molecule has 5 heterocycles. The number of rotatable bonds is 10. The van der Waals surface area contributed by atoms with Crippen LogP contribution in [0.5, 0.6) is 11.5 Å². The number of aromatic nitrogens is 1. The highest BCUT2D eigenvalue weighted by atomic mass is 19.1. The molecule has 2 saturated heterocycles. The fourth-order valence-electron chi connectivity index (χ4n) is 6.93. The summed E-state index contributed by atoms with van der Waals surface area (Å²) in [5.74, 6) is -0.442. The van der Waals surface area contributed by atoms with Crippen LogP contribution in [0.4, 0.5) is 10.1 Å². The molecule has 11 nitrogen and oxygen atoms in total. The van der Waals surface area contributed by atoms with Crippen molar-refractivity contribution in [3.63, 3.8) is 0 Å². The molecule has 5 aromatic rings. The minimum absolute atomic E-state index is 0.0667. The van der Waals surface area contributed by atoms with Crippen LogP contribution in [0.1, 0.15) is 23.2 Å². The number of para-hydroxylation sites is 1. The maximum atomic E-state index is 16.0. The molecular formula is C36H38FN5O6. The van der Waals surface area contributed by atoms with Gasteiger partial charge in [-0.25, -0.2) is 4.39 Å². The maximum absolute atomic E-state index is 16.0. The molecule has 0 radical (unpaired) electrons. The SMILES string of the molecule is O=C(NCCCN1CCOCC1)c1cn2c3c(c(NCCCN4CCOCC4)c(F)cc3c1=O)Oc1cc3c(cc1-2)oc1ccccc13. The van der Waals surface area contributed by atoms with Gasteiger partial charge in [-0.05, 0) is 44.1 Å². The highest BCUT2D eigenvalue weighted by Crippen LogP contribution is 2.47. The van der Waals surface area contributed by atoms with Crippen molar-refractivity contribution in [3.8, 4) is 17.2 Å². The molecule has 3 aliphatic rings. The van der Waals surface area contributed by atoms with Gasteiger partial charge in [0, 0.05) is 62.3 Å². The van der Waals surface area contributed by atoms with Crippen molar-refractivity contribution in [3.05, 3.63) is 70.3 Å². The van der Waals surface area contributed by atoms with Crippen LogP contribution in [0.25, 0.3) is 38.5 Å². The van der Waals surface area contributed by atoms with Crippen LogP contribution in [-0.4, -0.2) is 99.1 Å². The monoisotopic (exact) mass is 655 g/mol. The topological polar surface area (TPSA) is 110 Å². The van der Waals surface area contributed by atoms with Gasteiger partial charge in [-0.3, -0.25) is 19.4 Å². The number of morpholine rings is 2. The lowest BCUT2D eigenvalue weighted by molar-refractivity contribution is 0.0374. The molecule has 48 heavy (non-hydrogen) atoms. The molecule has 0 aliphatic carbocycles. The third kappa shape index (κ3) is 5.79. The Labute approximate surface area is 276 Å². The molecule has 8 rings (SSSR count). The molecule has 0 atom stereocenters. The summed E-state index contributed by atoms with van der Waals surface area (Å²) >= 11 is 0. The average molecular weight is 656 g/mol. The molecule has 3 aromatic carbocycles. The van der Waals surface area contributed by atoms with Gasteiger partial charge in [0.2, 0.25) is 5.43 Å². The van der Waals surface area contributed by atoms with E-state index in [1.54, 1.807) is 10.8 Å². The molecule has 0 spiro atoms. The van der Waals surface area contributed by atoms with Gasteiger partial charge >= 0.3 is 0 Å². The predicted octanol–water partition coefficient (Wildman–Crippen LogP) is 4.72. The molecule has 250 valence electrons. The summed E-state index contributed by atoms with van der Waals surface area (Å²) in [5.41, 5.74) is 1.90. The highest BCUT2D eigenvalue weighted by molar-refractivity contribution is 6.07. The van der Waals surface area contributed by atoms with E-state index in [2.05, 4.69) is 20.4 Å². The van der Waals surface area contributed by atoms with Gasteiger partial charge in [-0.2, -0.15) is 0 Å². The van der Waals surface area contributed by atoms with Crippen molar-refractivity contribution in [2.45, 2.75) is 12.8 Å². The van der Waals surface area contributed by atoms with Crippen molar-refractivity contribution < 1.29 is 27.8 Å². The van der Waals surface area contributed by atoms with Crippen LogP contribution in [0.15, 0.2) is 57.9 Å². The number of nitrogens with one attached hydrogen (secondary N) is 2. The molecule has 1 amide bonds. The Kier molecular flexibility index (Phi) is 8.47. The summed E-state index contributed by atoms with van der Waals surface area (Å²) in [5, 5.41) is 8.00. The Morgan fingerprint density at radius 3 is 2.29 bits per heavy atom. The van der Waals surface area contributed by atoms with Crippen molar-refractivity contribution in [1.82, 2.24) is 19.7 Å². The smallest absolute Gasteiger partial charge is 0.256 e. The van der Waals surface area contributed by atoms with Crippen LogP contribution in [0, 0.1) is 5.82 Å². The second-order valence-electron chi connectivity index (χ2n) is 12.5. The van der Waals surface area contributed by atoms with E-state index >= 15 is 4.39 Å². The number of carbonyl (C=O) groups is 1. The number of carbonyl (C=O) groups excluding carboxylic acids is 1. The molecule has 0 unspecified atom stereocenters. The minimum Gasteiger partial charge on any atom is -0.456 e. The van der Waals surface area contributed by atoms with E-state index in [4.69, 9.17) is 18.6 Å². The second kappa shape index (κ2) is 13.2. The molecular weight excluding hydrogens is 617 g/mol. The lowest BCUT2D eigenvalue weighted by Gasteiger charge is -2.27. The summed E-state index contributed by atoms with van der Waals surface area (Å²) in [4.78, 5) is 32.0. The number of furan rings is 1. The summed E-state index contributed by atoms with van der Waals surface area (Å²) in [7, 11) is 0. The first-order chi connectivity index (χ1) is 23.5. The van der Waals surface area contributed by atoms with Crippen molar-refractivity contribution in [2.75, 3.05) is 84.1 Å². The first-order valence-electron chi connectivity index (χ1n) is 16.7. The van der Waals surface area contributed by atoms with E-state index < -0.39 is 17.2 Å². The first-order valence-corrected chi connectivity index (χ1v) is 16.7. The number of benzene rings is 3. The number of amides is 1. The normalized spacial score (nSPS) is 16.7. The van der Waals surface area contributed by atoms with Gasteiger partial charge in [-0.1, -0.05) is 18.2 Å². The molecule has 2 aromatic heterocycles. The van der Waals surface area contributed by atoms with Crippen molar-refractivity contribution in [1.29, 1.82) is 0 Å². The lowest BCUT2D eigenvalue weighted by Crippen LogP contribution is -2.38. The van der Waals surface area contributed by atoms with Gasteiger partial charge < -0.3 is 33.8 Å². The zero-order chi connectivity index (χ0) is 32.6. The highest BCUT2D eigenvalue weighted by Gasteiger charge is 2.29. The van der Waals surface area contributed by atoms with E-state index in [1.807, 2.05) is 36.4 Å². The fraction of sp³-hybridized carbons (Fsp3) is 0.389. The van der Waals surface area contributed by atoms with Crippen molar-refractivity contribution >= 4 is 44.4 Å². The van der Waals surface area contributed by atoms with E-state index in [1.165, 1.54) is 6.07 Å². The number of hydrogen-bond donors (Lipinski definition) is 2. The molecule has 0 bridgehead atoms. The van der Waals surface area contributed by atoms with E-state index in [9.17, 15) is 9.59 Å². The quantitative estimate of drug-likeness (QED) is 0.203. The van der Waals surface area contributed by atoms with E-state index in [-0.39, 0.29) is 22.4 Å². The number of pyridine rings is 1. The Bertz CT molecular complexity index is 2060. The van der Waals surface area contributed by atoms with Gasteiger partial charge in [-0.15, -0.1) is 0 Å². The Morgan fingerprint density at radius 2 is 1.54 bits per heavy atom. The first kappa shape index (κ1) is 30.8. The predicted molar refractivity (Wildman–Crippen MR) is 181 cm³/mol. The van der Waals surface area contributed by atoms with Gasteiger partial charge in [0.25, 0.3) is 5.91 Å². The summed E-state index contributed by atoms with van der Waals surface area (Å²) in [6.07, 6.45) is 3.06. The standard InChI is InChI=1S/C36H38FN5O6/c37-27-19-25-33-35(32(27)38-7-3-9-40-11-15-45-16-12-40)48-31-20-24-23-5-1-2-6-29(23)47-30(24)21-28(31)42(33)22-26(34(25)43)36(44)39-8-4-10-41-13-17-46-18-14-41/h1-2,5-6,19-22,38H,3-4,7-18H2,(H,39,44). The second-order valence-corrected chi connectivity index (χ2v) is 12.5. The van der Waals surface area contributed by atoms with Crippen LogP contribution in [0.3, 0.4) is 0 Å². The number of ether oxygens (including phenoxy) is 3. The third-order valence-corrected chi connectivity index (χ3v) is 9.47. The number of anilines is 1. The Morgan fingerprint density at radius 1 is 0.833 bits per heavy atom. The number of halogens is 1. The fourth-order valence-corrected chi connectivity index (χ4v) is 6.93. The van der Waals surface area contributed by atoms with Crippen LogP contribution in [0.2, 0.25) is 0 Å². The summed E-state index contributed by atoms with van der Waals surface area (Å²) in [6, 6.07) is 12.7. The average Bonchev–Trinajstić information content (AvgIpc) is 3.48. The minimum atomic E-state index is -0.617. The number of fused-ring (bicyclic) bond motifs is 5. The lowest BCUT2D eigenvalue weighted by atomic mass is 10.0. The zero-order valence-corrected chi connectivity index (χ0v) is 26.7. The molecule has 3 aliphatic heterocycles. The molecule has 12 heteroatoms. The zero-order valence-electron chi connectivity index (χ0n) is 26.7. The van der Waals surface area contributed by atoms with Crippen molar-refractivity contribution in [2.24, 2.45) is 0 Å². The van der Waals surface area contributed by atoms with Gasteiger partial charge in [0.05, 0.1) is 37.5 Å². The maximum Gasteiger partial charge on any atom is 0.256 e. The molecule has 2 fully saturated rings. The van der Waals surface area contributed by atoms with Crippen LogP contribution < -0.4 is 20.8 Å². The summed E-state index contributed by atoms with van der Waals surface area (Å²) < 4.78 is 41.3. The molecule has 2 N–H and O–H groups in total. The Balaban J connectivity index is 1.15. The van der Waals surface area contributed by atoms with E-state index in [0.717, 1.165) is 81.7 Å². The Hall–Kier alpha value is -4.49. The number of nitrogens with zero attached hydrogens (tertiary/aromatic N) is 3. The third-order valence-electron chi connectivity index (χ3n) is 9.47. The van der Waals surface area contributed by atoms with Gasteiger partial charge in [0.1, 0.15) is 27.9 Å². The van der Waals surface area contributed by atoms with Crippen LogP contribution >= 0.6 is 0 Å². The largest absolute Gasteiger partial charge is 0.456 e. The summed E-state index contributed by atoms with van der Waals surface area (Å²) in [6.45, 7) is 8.91. The van der Waals surface area contributed by atoms with Gasteiger partial charge in [0.15, 0.2) is 17.3 Å². The van der Waals surface area contributed by atoms with E-state index in [0.29, 0.717) is 48.8 Å². The van der Waals surface area contributed by atoms with Crippen LogP contribution in [-0.2, 0) is 9.47 Å². The number of hydrogen-bond acceptors (Lipinski definition) is 9. The molecule has 0 saturated carbocycles.